The van der Waals surface area contributed by atoms with Crippen LogP contribution < -0.4 is 9.47 Å². The minimum Gasteiger partial charge on any atom is -0.497 e. The minimum atomic E-state index is 0.621. The first kappa shape index (κ1) is 10.2. The lowest BCUT2D eigenvalue weighted by atomic mass is 10.1. The van der Waals surface area contributed by atoms with Crippen molar-refractivity contribution < 1.29 is 9.47 Å². The number of ether oxygens (including phenoxy) is 2. The molecule has 1 aromatic heterocycles. The largest absolute Gasteiger partial charge is 0.497 e. The third kappa shape index (κ3) is 1.77. The molecule has 2 aromatic rings. The first-order chi connectivity index (χ1) is 7.26. The standard InChI is InChI=1S/C11H10BrNO2/c1-14-7-3-4-8-9(5-7)10(12)6-13-11(8)15-2/h3-6H,1-2H3. The molecule has 1 heterocycles. The molecule has 15 heavy (non-hydrogen) atoms. The van der Waals surface area contributed by atoms with Gasteiger partial charge in [-0.05, 0) is 34.1 Å². The van der Waals surface area contributed by atoms with Crippen molar-refractivity contribution in [3.8, 4) is 11.6 Å². The van der Waals surface area contributed by atoms with Gasteiger partial charge in [0.2, 0.25) is 5.88 Å². The summed E-state index contributed by atoms with van der Waals surface area (Å²) in [5.41, 5.74) is 0. The summed E-state index contributed by atoms with van der Waals surface area (Å²) in [7, 11) is 3.26. The summed E-state index contributed by atoms with van der Waals surface area (Å²) in [6.45, 7) is 0. The summed E-state index contributed by atoms with van der Waals surface area (Å²) < 4.78 is 11.3. The monoisotopic (exact) mass is 267 g/mol. The van der Waals surface area contributed by atoms with Crippen molar-refractivity contribution >= 4 is 26.7 Å². The number of methoxy groups -OCH3 is 2. The van der Waals surface area contributed by atoms with Crippen LogP contribution in [0.3, 0.4) is 0 Å². The second kappa shape index (κ2) is 4.06. The first-order valence-electron chi connectivity index (χ1n) is 4.42. The third-order valence-corrected chi connectivity index (χ3v) is 2.83. The number of rotatable bonds is 2. The normalized spacial score (nSPS) is 10.3. The van der Waals surface area contributed by atoms with E-state index in [9.17, 15) is 0 Å². The highest BCUT2D eigenvalue weighted by molar-refractivity contribution is 9.10. The van der Waals surface area contributed by atoms with Crippen LogP contribution in [0, 0.1) is 0 Å². The molecule has 0 aliphatic rings. The van der Waals surface area contributed by atoms with E-state index in [4.69, 9.17) is 9.47 Å². The second-order valence-electron chi connectivity index (χ2n) is 3.03. The van der Waals surface area contributed by atoms with Crippen molar-refractivity contribution in [2.45, 2.75) is 0 Å². The molecule has 0 N–H and O–H groups in total. The van der Waals surface area contributed by atoms with Gasteiger partial charge in [0.25, 0.3) is 0 Å². The molecule has 0 saturated carbocycles. The fraction of sp³-hybridized carbons (Fsp3) is 0.182. The zero-order valence-electron chi connectivity index (χ0n) is 8.45. The van der Waals surface area contributed by atoms with Crippen LogP contribution in [0.25, 0.3) is 10.8 Å². The van der Waals surface area contributed by atoms with E-state index in [-0.39, 0.29) is 0 Å². The topological polar surface area (TPSA) is 31.4 Å². The predicted octanol–water partition coefficient (Wildman–Crippen LogP) is 3.01. The molecule has 4 heteroatoms. The Morgan fingerprint density at radius 1 is 1.13 bits per heavy atom. The van der Waals surface area contributed by atoms with Gasteiger partial charge in [-0.25, -0.2) is 4.98 Å². The average molecular weight is 268 g/mol. The highest BCUT2D eigenvalue weighted by atomic mass is 79.9. The maximum Gasteiger partial charge on any atom is 0.221 e. The number of hydrogen-bond donors (Lipinski definition) is 0. The fourth-order valence-electron chi connectivity index (χ4n) is 1.45. The van der Waals surface area contributed by atoms with Gasteiger partial charge < -0.3 is 9.47 Å². The number of hydrogen-bond acceptors (Lipinski definition) is 3. The Morgan fingerprint density at radius 2 is 1.93 bits per heavy atom. The van der Waals surface area contributed by atoms with Gasteiger partial charge in [0.05, 0.1) is 14.2 Å². The van der Waals surface area contributed by atoms with Crippen LogP contribution in [0.5, 0.6) is 11.6 Å². The molecule has 0 saturated heterocycles. The molecule has 0 atom stereocenters. The van der Waals surface area contributed by atoms with E-state index in [2.05, 4.69) is 20.9 Å². The zero-order chi connectivity index (χ0) is 10.8. The molecule has 2 rings (SSSR count). The van der Waals surface area contributed by atoms with E-state index < -0.39 is 0 Å². The quantitative estimate of drug-likeness (QED) is 0.838. The SMILES string of the molecule is COc1ccc2c(OC)ncc(Br)c2c1. The van der Waals surface area contributed by atoms with Crippen molar-refractivity contribution in [3.05, 3.63) is 28.9 Å². The van der Waals surface area contributed by atoms with Crippen LogP contribution in [0.2, 0.25) is 0 Å². The Morgan fingerprint density at radius 3 is 2.60 bits per heavy atom. The molecular weight excluding hydrogens is 258 g/mol. The number of pyridine rings is 1. The van der Waals surface area contributed by atoms with Crippen LogP contribution in [-0.4, -0.2) is 19.2 Å². The van der Waals surface area contributed by atoms with Crippen LogP contribution in [-0.2, 0) is 0 Å². The molecule has 0 aliphatic heterocycles. The summed E-state index contributed by atoms with van der Waals surface area (Å²) >= 11 is 3.45. The summed E-state index contributed by atoms with van der Waals surface area (Å²) in [5.74, 6) is 1.44. The van der Waals surface area contributed by atoms with Gasteiger partial charge in [0.15, 0.2) is 0 Å². The number of halogens is 1. The Labute approximate surface area is 96.2 Å². The van der Waals surface area contributed by atoms with Gasteiger partial charge in [-0.15, -0.1) is 0 Å². The highest BCUT2D eigenvalue weighted by Crippen LogP contribution is 2.31. The van der Waals surface area contributed by atoms with E-state index in [1.807, 2.05) is 18.2 Å². The van der Waals surface area contributed by atoms with Crippen molar-refractivity contribution in [1.82, 2.24) is 4.98 Å². The minimum absolute atomic E-state index is 0.621. The molecule has 0 bridgehead atoms. The Hall–Kier alpha value is -1.29. The third-order valence-electron chi connectivity index (χ3n) is 2.20. The molecule has 0 aliphatic carbocycles. The predicted molar refractivity (Wildman–Crippen MR) is 62.5 cm³/mol. The molecule has 0 radical (unpaired) electrons. The average Bonchev–Trinajstić information content (AvgIpc) is 2.29. The fourth-order valence-corrected chi connectivity index (χ4v) is 1.88. The molecule has 3 nitrogen and oxygen atoms in total. The van der Waals surface area contributed by atoms with Gasteiger partial charge in [-0.1, -0.05) is 0 Å². The van der Waals surface area contributed by atoms with Gasteiger partial charge in [-0.3, -0.25) is 0 Å². The molecule has 0 spiro atoms. The van der Waals surface area contributed by atoms with Gasteiger partial charge in [0, 0.05) is 21.4 Å². The maximum absolute atomic E-state index is 5.18. The number of aromatic nitrogens is 1. The van der Waals surface area contributed by atoms with Crippen molar-refractivity contribution in [1.29, 1.82) is 0 Å². The lowest BCUT2D eigenvalue weighted by molar-refractivity contribution is 0.403. The van der Waals surface area contributed by atoms with Crippen molar-refractivity contribution in [3.63, 3.8) is 0 Å². The van der Waals surface area contributed by atoms with Gasteiger partial charge in [-0.2, -0.15) is 0 Å². The van der Waals surface area contributed by atoms with Crippen LogP contribution in [0.4, 0.5) is 0 Å². The molecule has 1 aromatic carbocycles. The van der Waals surface area contributed by atoms with Crippen molar-refractivity contribution in [2.24, 2.45) is 0 Å². The van der Waals surface area contributed by atoms with E-state index in [1.165, 1.54) is 0 Å². The Balaban J connectivity index is 2.75. The zero-order valence-corrected chi connectivity index (χ0v) is 10.0. The lowest BCUT2D eigenvalue weighted by Gasteiger charge is -2.07. The molecule has 0 fully saturated rings. The number of nitrogens with zero attached hydrogens (tertiary/aromatic N) is 1. The van der Waals surface area contributed by atoms with Crippen LogP contribution in [0.15, 0.2) is 28.9 Å². The second-order valence-corrected chi connectivity index (χ2v) is 3.88. The van der Waals surface area contributed by atoms with Gasteiger partial charge >= 0.3 is 0 Å². The molecular formula is C11H10BrNO2. The first-order valence-corrected chi connectivity index (χ1v) is 5.22. The summed E-state index contributed by atoms with van der Waals surface area (Å²) in [6, 6.07) is 5.77. The summed E-state index contributed by atoms with van der Waals surface area (Å²) in [4.78, 5) is 4.17. The smallest absolute Gasteiger partial charge is 0.221 e. The Kier molecular flexibility index (Phi) is 2.77. The Bertz CT molecular complexity index is 499. The van der Waals surface area contributed by atoms with E-state index in [0.717, 1.165) is 21.0 Å². The van der Waals surface area contributed by atoms with Crippen LogP contribution in [0.1, 0.15) is 0 Å². The molecule has 0 amide bonds. The van der Waals surface area contributed by atoms with E-state index in [0.29, 0.717) is 5.88 Å². The molecule has 0 unspecified atom stereocenters. The lowest BCUT2D eigenvalue weighted by Crippen LogP contribution is -1.90. The van der Waals surface area contributed by atoms with Crippen molar-refractivity contribution in [2.75, 3.05) is 14.2 Å². The maximum atomic E-state index is 5.18. The van der Waals surface area contributed by atoms with Crippen LogP contribution >= 0.6 is 15.9 Å². The highest BCUT2D eigenvalue weighted by Gasteiger charge is 2.07. The summed E-state index contributed by atoms with van der Waals surface area (Å²) in [6.07, 6.45) is 1.72. The van der Waals surface area contributed by atoms with E-state index in [1.54, 1.807) is 20.4 Å². The van der Waals surface area contributed by atoms with E-state index >= 15 is 0 Å². The molecule has 78 valence electrons. The van der Waals surface area contributed by atoms with Gasteiger partial charge in [0.1, 0.15) is 5.75 Å². The summed E-state index contributed by atoms with van der Waals surface area (Å²) in [5, 5.41) is 1.99. The number of benzene rings is 1. The number of fused-ring (bicyclic) bond motifs is 1.